The molecule has 5 rings (SSSR count). The predicted octanol–water partition coefficient (Wildman–Crippen LogP) is 6.07. The van der Waals surface area contributed by atoms with Crippen molar-refractivity contribution in [2.24, 2.45) is 0 Å². The second-order valence-corrected chi connectivity index (χ2v) is 8.97. The van der Waals surface area contributed by atoms with Crippen LogP contribution in [0.2, 0.25) is 0 Å². The standard InChI is InChI=1S/C28H26N2O4S/c1-3-25-28(31)30(15-16-33-22-12-10-21(32-2)11-13-22)24-17-20(9-14-26(24)34-25)23-18-35-27(29-23)19-7-5-4-6-8-19/h4-14,17-18,25H,3,15-16H2,1-2H3. The zero-order valence-electron chi connectivity index (χ0n) is 19.6. The van der Waals surface area contributed by atoms with Gasteiger partial charge >= 0.3 is 0 Å². The molecule has 4 aromatic rings. The summed E-state index contributed by atoms with van der Waals surface area (Å²) in [7, 11) is 1.63. The number of carbonyl (C=O) groups excluding carboxylic acids is 1. The van der Waals surface area contributed by atoms with Crippen molar-refractivity contribution in [3.8, 4) is 39.1 Å². The summed E-state index contributed by atoms with van der Waals surface area (Å²) in [6.07, 6.45) is 0.0980. The number of methoxy groups -OCH3 is 1. The Kier molecular flexibility index (Phi) is 6.68. The van der Waals surface area contributed by atoms with E-state index in [0.29, 0.717) is 25.3 Å². The van der Waals surface area contributed by atoms with Gasteiger partial charge in [0.1, 0.15) is 28.9 Å². The van der Waals surface area contributed by atoms with Crippen molar-refractivity contribution in [3.63, 3.8) is 0 Å². The molecule has 6 nitrogen and oxygen atoms in total. The maximum Gasteiger partial charge on any atom is 0.268 e. The smallest absolute Gasteiger partial charge is 0.268 e. The van der Waals surface area contributed by atoms with Gasteiger partial charge in [0.05, 0.1) is 25.0 Å². The highest BCUT2D eigenvalue weighted by Gasteiger charge is 2.33. The minimum absolute atomic E-state index is 0.0567. The molecule has 3 aromatic carbocycles. The van der Waals surface area contributed by atoms with Crippen molar-refractivity contribution in [3.05, 3.63) is 78.2 Å². The van der Waals surface area contributed by atoms with Crippen LogP contribution >= 0.6 is 11.3 Å². The molecule has 1 aliphatic heterocycles. The van der Waals surface area contributed by atoms with E-state index in [2.05, 4.69) is 12.1 Å². The molecule has 0 bridgehead atoms. The lowest BCUT2D eigenvalue weighted by Crippen LogP contribution is -2.47. The lowest BCUT2D eigenvalue weighted by Gasteiger charge is -2.34. The molecule has 1 atom stereocenters. The van der Waals surface area contributed by atoms with E-state index in [9.17, 15) is 4.79 Å². The molecular formula is C28H26N2O4S. The number of rotatable bonds is 8. The number of nitrogens with zero attached hydrogens (tertiary/aromatic N) is 2. The summed E-state index contributed by atoms with van der Waals surface area (Å²) in [6, 6.07) is 23.4. The van der Waals surface area contributed by atoms with Crippen LogP contribution in [0.5, 0.6) is 17.2 Å². The molecule has 1 amide bonds. The molecular weight excluding hydrogens is 460 g/mol. The monoisotopic (exact) mass is 486 g/mol. The number of thiazole rings is 1. The first kappa shape index (κ1) is 22.9. The summed E-state index contributed by atoms with van der Waals surface area (Å²) < 4.78 is 17.1. The second-order valence-electron chi connectivity index (χ2n) is 8.12. The highest BCUT2D eigenvalue weighted by Crippen LogP contribution is 2.39. The maximum atomic E-state index is 13.2. The predicted molar refractivity (Wildman–Crippen MR) is 139 cm³/mol. The average molecular weight is 487 g/mol. The Balaban J connectivity index is 1.38. The fourth-order valence-electron chi connectivity index (χ4n) is 4.02. The van der Waals surface area contributed by atoms with Crippen molar-refractivity contribution < 1.29 is 19.0 Å². The maximum absolute atomic E-state index is 13.2. The molecule has 1 aromatic heterocycles. The number of hydrogen-bond donors (Lipinski definition) is 0. The quantitative estimate of drug-likeness (QED) is 0.303. The summed E-state index contributed by atoms with van der Waals surface area (Å²) in [5.41, 5.74) is 3.64. The van der Waals surface area contributed by atoms with Gasteiger partial charge in [-0.15, -0.1) is 11.3 Å². The summed E-state index contributed by atoms with van der Waals surface area (Å²) in [5, 5.41) is 3.00. The van der Waals surface area contributed by atoms with E-state index < -0.39 is 6.10 Å². The van der Waals surface area contributed by atoms with E-state index in [0.717, 1.165) is 39.0 Å². The molecule has 178 valence electrons. The van der Waals surface area contributed by atoms with Gasteiger partial charge in [-0.3, -0.25) is 4.79 Å². The first-order valence-electron chi connectivity index (χ1n) is 11.6. The van der Waals surface area contributed by atoms with Crippen molar-refractivity contribution >= 4 is 22.9 Å². The number of carbonyl (C=O) groups is 1. The molecule has 0 saturated carbocycles. The van der Waals surface area contributed by atoms with Crippen LogP contribution in [0.3, 0.4) is 0 Å². The van der Waals surface area contributed by atoms with Gasteiger partial charge in [-0.2, -0.15) is 0 Å². The fraction of sp³-hybridized carbons (Fsp3) is 0.214. The first-order chi connectivity index (χ1) is 17.2. The average Bonchev–Trinajstić information content (AvgIpc) is 3.41. The van der Waals surface area contributed by atoms with Gasteiger partial charge in [0.25, 0.3) is 5.91 Å². The molecule has 0 saturated heterocycles. The molecule has 0 aliphatic carbocycles. The van der Waals surface area contributed by atoms with Crippen LogP contribution in [0.15, 0.2) is 78.2 Å². The van der Waals surface area contributed by atoms with Gasteiger partial charge in [-0.05, 0) is 48.9 Å². The Labute approximate surface area is 208 Å². The van der Waals surface area contributed by atoms with Gasteiger partial charge in [0, 0.05) is 16.5 Å². The van der Waals surface area contributed by atoms with E-state index >= 15 is 0 Å². The third-order valence-electron chi connectivity index (χ3n) is 5.89. The summed E-state index contributed by atoms with van der Waals surface area (Å²) in [6.45, 7) is 2.72. The zero-order valence-corrected chi connectivity index (χ0v) is 20.5. The molecule has 2 heterocycles. The van der Waals surface area contributed by atoms with E-state index in [4.69, 9.17) is 19.2 Å². The molecule has 35 heavy (non-hydrogen) atoms. The van der Waals surface area contributed by atoms with Gasteiger partial charge in [0.2, 0.25) is 0 Å². The Morgan fingerprint density at radius 2 is 1.77 bits per heavy atom. The number of anilines is 1. The Hall–Kier alpha value is -3.84. The van der Waals surface area contributed by atoms with Crippen molar-refractivity contribution in [1.82, 2.24) is 4.98 Å². The summed E-state index contributed by atoms with van der Waals surface area (Å²) >= 11 is 1.60. The van der Waals surface area contributed by atoms with Crippen LogP contribution in [0.1, 0.15) is 13.3 Å². The molecule has 0 radical (unpaired) electrons. The van der Waals surface area contributed by atoms with Crippen LogP contribution in [-0.2, 0) is 4.79 Å². The minimum Gasteiger partial charge on any atom is -0.497 e. The number of benzene rings is 3. The molecule has 1 aliphatic rings. The van der Waals surface area contributed by atoms with Crippen LogP contribution in [-0.4, -0.2) is 37.3 Å². The third-order valence-corrected chi connectivity index (χ3v) is 6.79. The Bertz CT molecular complexity index is 1300. The second kappa shape index (κ2) is 10.2. The highest BCUT2D eigenvalue weighted by atomic mass is 32.1. The van der Waals surface area contributed by atoms with Gasteiger partial charge in [0.15, 0.2) is 6.10 Å². The molecule has 0 fully saturated rings. The zero-order chi connectivity index (χ0) is 24.2. The molecule has 0 N–H and O–H groups in total. The lowest BCUT2D eigenvalue weighted by molar-refractivity contribution is -0.126. The topological polar surface area (TPSA) is 60.9 Å². The number of fused-ring (bicyclic) bond motifs is 1. The normalized spacial score (nSPS) is 14.9. The van der Waals surface area contributed by atoms with E-state index in [1.165, 1.54) is 0 Å². The molecule has 7 heteroatoms. The van der Waals surface area contributed by atoms with E-state index in [1.54, 1.807) is 23.3 Å². The van der Waals surface area contributed by atoms with Crippen LogP contribution < -0.4 is 19.1 Å². The summed E-state index contributed by atoms with van der Waals surface area (Å²) in [4.78, 5) is 19.8. The lowest BCUT2D eigenvalue weighted by atomic mass is 10.1. The molecule has 0 spiro atoms. The van der Waals surface area contributed by atoms with Gasteiger partial charge < -0.3 is 19.1 Å². The van der Waals surface area contributed by atoms with Crippen LogP contribution in [0, 0.1) is 0 Å². The Morgan fingerprint density at radius 1 is 1.00 bits per heavy atom. The fourth-order valence-corrected chi connectivity index (χ4v) is 4.85. The SMILES string of the molecule is CCC1Oc2ccc(-c3csc(-c4ccccc4)n3)cc2N(CCOc2ccc(OC)cc2)C1=O. The Morgan fingerprint density at radius 3 is 2.51 bits per heavy atom. The van der Waals surface area contributed by atoms with Gasteiger partial charge in [-0.1, -0.05) is 37.3 Å². The number of ether oxygens (including phenoxy) is 3. The first-order valence-corrected chi connectivity index (χ1v) is 12.4. The van der Waals surface area contributed by atoms with E-state index in [-0.39, 0.29) is 5.91 Å². The van der Waals surface area contributed by atoms with Crippen LogP contribution in [0.25, 0.3) is 21.8 Å². The van der Waals surface area contributed by atoms with Gasteiger partial charge in [-0.25, -0.2) is 4.98 Å². The third kappa shape index (κ3) is 4.86. The molecule has 1 unspecified atom stereocenters. The van der Waals surface area contributed by atoms with Crippen molar-refractivity contribution in [1.29, 1.82) is 0 Å². The van der Waals surface area contributed by atoms with Crippen molar-refractivity contribution in [2.75, 3.05) is 25.2 Å². The number of amides is 1. The number of aromatic nitrogens is 1. The highest BCUT2D eigenvalue weighted by molar-refractivity contribution is 7.13. The minimum atomic E-state index is -0.502. The van der Waals surface area contributed by atoms with Crippen molar-refractivity contribution in [2.45, 2.75) is 19.4 Å². The van der Waals surface area contributed by atoms with Crippen LogP contribution in [0.4, 0.5) is 5.69 Å². The summed E-state index contributed by atoms with van der Waals surface area (Å²) in [5.74, 6) is 2.13. The largest absolute Gasteiger partial charge is 0.497 e. The van der Waals surface area contributed by atoms with E-state index in [1.807, 2.05) is 73.0 Å². The number of hydrogen-bond acceptors (Lipinski definition) is 6.